The Morgan fingerprint density at radius 3 is 2.75 bits per heavy atom. The minimum atomic E-state index is -0.514. The first-order valence-electron chi connectivity index (χ1n) is 7.27. The molecule has 1 atom stereocenters. The quantitative estimate of drug-likeness (QED) is 0.865. The van der Waals surface area contributed by atoms with Gasteiger partial charge >= 0.3 is 0 Å². The van der Waals surface area contributed by atoms with Crippen LogP contribution in [0.15, 0.2) is 22.8 Å². The highest BCUT2D eigenvalue weighted by atomic mass is 16.3. The molecule has 1 saturated carbocycles. The summed E-state index contributed by atoms with van der Waals surface area (Å²) in [7, 11) is 0. The van der Waals surface area contributed by atoms with Gasteiger partial charge in [0.25, 0.3) is 0 Å². The number of carbonyl (C=O) groups is 2. The Morgan fingerprint density at radius 1 is 1.35 bits per heavy atom. The van der Waals surface area contributed by atoms with Crippen molar-refractivity contribution in [2.75, 3.05) is 0 Å². The molecule has 0 spiro atoms. The fraction of sp³-hybridized carbons (Fsp3) is 0.600. The molecule has 110 valence electrons. The molecule has 2 amide bonds. The van der Waals surface area contributed by atoms with Gasteiger partial charge in [-0.05, 0) is 31.9 Å². The van der Waals surface area contributed by atoms with E-state index in [0.29, 0.717) is 12.3 Å². The Kier molecular flexibility index (Phi) is 5.21. The molecule has 2 N–H and O–H groups in total. The zero-order chi connectivity index (χ0) is 14.4. The van der Waals surface area contributed by atoms with Crippen LogP contribution in [0.5, 0.6) is 0 Å². The van der Waals surface area contributed by atoms with Crippen LogP contribution in [0.2, 0.25) is 0 Å². The fourth-order valence-corrected chi connectivity index (χ4v) is 2.50. The van der Waals surface area contributed by atoms with E-state index in [9.17, 15) is 9.59 Å². The minimum Gasteiger partial charge on any atom is -0.467 e. The normalized spacial score (nSPS) is 17.4. The first-order chi connectivity index (χ1) is 9.66. The average Bonchev–Trinajstić information content (AvgIpc) is 2.98. The molecule has 5 heteroatoms. The molecule has 1 aliphatic carbocycles. The number of hydrogen-bond acceptors (Lipinski definition) is 3. The van der Waals surface area contributed by atoms with Crippen molar-refractivity contribution >= 4 is 11.8 Å². The zero-order valence-corrected chi connectivity index (χ0v) is 11.9. The molecule has 20 heavy (non-hydrogen) atoms. The number of hydrogen-bond donors (Lipinski definition) is 2. The highest BCUT2D eigenvalue weighted by Crippen LogP contribution is 2.23. The molecule has 1 heterocycles. The summed E-state index contributed by atoms with van der Waals surface area (Å²) in [6.45, 7) is 2.05. The second-order valence-corrected chi connectivity index (χ2v) is 5.36. The van der Waals surface area contributed by atoms with Crippen molar-refractivity contribution in [3.63, 3.8) is 0 Å². The number of carbonyl (C=O) groups excluding carboxylic acids is 2. The van der Waals surface area contributed by atoms with Crippen LogP contribution in [-0.2, 0) is 16.1 Å². The van der Waals surface area contributed by atoms with Gasteiger partial charge in [0.15, 0.2) is 0 Å². The van der Waals surface area contributed by atoms with Gasteiger partial charge in [-0.15, -0.1) is 0 Å². The first-order valence-corrected chi connectivity index (χ1v) is 7.27. The van der Waals surface area contributed by atoms with E-state index in [2.05, 4.69) is 10.6 Å². The number of furan rings is 1. The third-order valence-electron chi connectivity index (χ3n) is 3.74. The second-order valence-electron chi connectivity index (χ2n) is 5.36. The van der Waals surface area contributed by atoms with Gasteiger partial charge in [-0.2, -0.15) is 0 Å². The largest absolute Gasteiger partial charge is 0.467 e. The lowest BCUT2D eigenvalue weighted by Gasteiger charge is -2.22. The van der Waals surface area contributed by atoms with Crippen LogP contribution in [0.4, 0.5) is 0 Å². The predicted octanol–water partition coefficient (Wildman–Crippen LogP) is 1.98. The lowest BCUT2D eigenvalue weighted by molar-refractivity contribution is -0.131. The third-order valence-corrected chi connectivity index (χ3v) is 3.74. The van der Waals surface area contributed by atoms with Crippen LogP contribution in [0.3, 0.4) is 0 Å². The average molecular weight is 278 g/mol. The van der Waals surface area contributed by atoms with E-state index < -0.39 is 6.04 Å². The van der Waals surface area contributed by atoms with Gasteiger partial charge in [0, 0.05) is 5.92 Å². The van der Waals surface area contributed by atoms with Crippen molar-refractivity contribution < 1.29 is 14.0 Å². The molecule has 5 nitrogen and oxygen atoms in total. The van der Waals surface area contributed by atoms with Crippen LogP contribution in [-0.4, -0.2) is 17.9 Å². The number of amides is 2. The molecule has 1 aromatic rings. The minimum absolute atomic E-state index is 0.00495. The maximum atomic E-state index is 12.0. The highest BCUT2D eigenvalue weighted by Gasteiger charge is 2.24. The summed E-state index contributed by atoms with van der Waals surface area (Å²) in [5.41, 5.74) is 0. The molecule has 1 fully saturated rings. The van der Waals surface area contributed by atoms with Gasteiger partial charge in [0.1, 0.15) is 11.8 Å². The number of nitrogens with one attached hydrogen (secondary N) is 2. The van der Waals surface area contributed by atoms with Gasteiger partial charge in [0.2, 0.25) is 11.8 Å². The van der Waals surface area contributed by atoms with E-state index >= 15 is 0 Å². The molecule has 0 bridgehead atoms. The van der Waals surface area contributed by atoms with E-state index in [-0.39, 0.29) is 17.7 Å². The predicted molar refractivity (Wildman–Crippen MR) is 74.7 cm³/mol. The van der Waals surface area contributed by atoms with Crippen molar-refractivity contribution in [2.45, 2.75) is 51.6 Å². The van der Waals surface area contributed by atoms with Gasteiger partial charge in [-0.25, -0.2) is 0 Å². The fourth-order valence-electron chi connectivity index (χ4n) is 2.50. The van der Waals surface area contributed by atoms with E-state index in [1.807, 2.05) is 0 Å². The molecule has 1 aromatic heterocycles. The van der Waals surface area contributed by atoms with Crippen LogP contribution in [0, 0.1) is 5.92 Å². The van der Waals surface area contributed by atoms with Crippen LogP contribution >= 0.6 is 0 Å². The van der Waals surface area contributed by atoms with Gasteiger partial charge < -0.3 is 15.1 Å². The summed E-state index contributed by atoms with van der Waals surface area (Å²) in [6.07, 6.45) is 6.87. The first kappa shape index (κ1) is 14.6. The van der Waals surface area contributed by atoms with E-state index in [4.69, 9.17) is 4.42 Å². The van der Waals surface area contributed by atoms with Crippen LogP contribution in [0.25, 0.3) is 0 Å². The Morgan fingerprint density at radius 2 is 2.10 bits per heavy atom. The van der Waals surface area contributed by atoms with Crippen molar-refractivity contribution in [3.8, 4) is 0 Å². The van der Waals surface area contributed by atoms with Gasteiger partial charge in [0.05, 0.1) is 12.8 Å². The van der Waals surface area contributed by atoms with E-state index in [1.54, 1.807) is 25.3 Å². The third kappa shape index (κ3) is 4.11. The van der Waals surface area contributed by atoms with Crippen LogP contribution < -0.4 is 10.6 Å². The number of rotatable bonds is 5. The van der Waals surface area contributed by atoms with Crippen molar-refractivity contribution in [3.05, 3.63) is 24.2 Å². The smallest absolute Gasteiger partial charge is 0.242 e. The summed E-state index contributed by atoms with van der Waals surface area (Å²) in [4.78, 5) is 23.9. The summed E-state index contributed by atoms with van der Waals surface area (Å²) in [5, 5.41) is 5.54. The molecule has 0 aromatic carbocycles. The second kappa shape index (κ2) is 7.12. The SMILES string of the molecule is C[C@H](NC(=O)C1CCCCC1)C(=O)NCc1ccco1. The zero-order valence-electron chi connectivity index (χ0n) is 11.9. The Bertz CT molecular complexity index is 436. The molecule has 0 radical (unpaired) electrons. The van der Waals surface area contributed by atoms with Crippen molar-refractivity contribution in [2.24, 2.45) is 5.92 Å². The van der Waals surface area contributed by atoms with Gasteiger partial charge in [-0.1, -0.05) is 19.3 Å². The monoisotopic (exact) mass is 278 g/mol. The summed E-state index contributed by atoms with van der Waals surface area (Å²) < 4.78 is 5.14. The highest BCUT2D eigenvalue weighted by molar-refractivity contribution is 5.88. The molecule has 2 rings (SSSR count). The van der Waals surface area contributed by atoms with Crippen molar-refractivity contribution in [1.29, 1.82) is 0 Å². The lowest BCUT2D eigenvalue weighted by atomic mass is 9.88. The van der Waals surface area contributed by atoms with Gasteiger partial charge in [-0.3, -0.25) is 9.59 Å². The van der Waals surface area contributed by atoms with E-state index in [1.165, 1.54) is 6.42 Å². The molecule has 0 saturated heterocycles. The Labute approximate surface area is 119 Å². The summed E-state index contributed by atoms with van der Waals surface area (Å²) >= 11 is 0. The maximum Gasteiger partial charge on any atom is 0.242 e. The van der Waals surface area contributed by atoms with E-state index in [0.717, 1.165) is 25.7 Å². The summed E-state index contributed by atoms with van der Waals surface area (Å²) in [5.74, 6) is 0.587. The molecule has 0 unspecified atom stereocenters. The summed E-state index contributed by atoms with van der Waals surface area (Å²) in [6, 6.07) is 3.06. The topological polar surface area (TPSA) is 71.3 Å². The molecular weight excluding hydrogens is 256 g/mol. The molecular formula is C15H22N2O3. The molecule has 1 aliphatic rings. The standard InChI is InChI=1S/C15H22N2O3/c1-11(14(18)16-10-13-8-5-9-20-13)17-15(19)12-6-3-2-4-7-12/h5,8-9,11-12H,2-4,6-7,10H2,1H3,(H,16,18)(H,17,19)/t11-/m0/s1. The Hall–Kier alpha value is -1.78. The lowest BCUT2D eigenvalue weighted by Crippen LogP contribution is -2.46. The van der Waals surface area contributed by atoms with Crippen LogP contribution in [0.1, 0.15) is 44.8 Å². The maximum absolute atomic E-state index is 12.0. The molecule has 0 aliphatic heterocycles. The van der Waals surface area contributed by atoms with Crippen molar-refractivity contribution in [1.82, 2.24) is 10.6 Å². The Balaban J connectivity index is 1.73.